The largest absolute Gasteiger partial charge is 0.398 e. The minimum Gasteiger partial charge on any atom is -0.398 e. The molecule has 1 aromatic carbocycles. The van der Waals surface area contributed by atoms with Crippen LogP contribution in [0.2, 0.25) is 0 Å². The Balaban J connectivity index is 2.45. The molecule has 0 radical (unpaired) electrons. The standard InChI is InChI=1S/C15H24N2O3S/c1-10-6-13(16)14(7-11(10)2)21(18,19)17-8-12(3)20-15(4,5)9-17/h6-7,12H,8-9,16H2,1-5H3. The molecule has 0 aromatic heterocycles. The Morgan fingerprint density at radius 3 is 2.43 bits per heavy atom. The summed E-state index contributed by atoms with van der Waals surface area (Å²) in [5.74, 6) is 0. The minimum absolute atomic E-state index is 0.142. The maximum atomic E-state index is 12.9. The normalized spacial score (nSPS) is 23.2. The van der Waals surface area contributed by atoms with Crippen molar-refractivity contribution in [3.05, 3.63) is 23.3 Å². The lowest BCUT2D eigenvalue weighted by Crippen LogP contribution is -2.53. The van der Waals surface area contributed by atoms with Crippen LogP contribution in [-0.2, 0) is 14.8 Å². The molecule has 0 aliphatic carbocycles. The number of hydrogen-bond acceptors (Lipinski definition) is 4. The van der Waals surface area contributed by atoms with Crippen molar-refractivity contribution in [2.75, 3.05) is 18.8 Å². The Bertz CT molecular complexity index is 653. The molecule has 1 saturated heterocycles. The quantitative estimate of drug-likeness (QED) is 0.849. The van der Waals surface area contributed by atoms with E-state index < -0.39 is 15.6 Å². The highest BCUT2D eigenvalue weighted by Crippen LogP contribution is 2.30. The van der Waals surface area contributed by atoms with Gasteiger partial charge >= 0.3 is 0 Å². The van der Waals surface area contributed by atoms with Crippen molar-refractivity contribution in [1.29, 1.82) is 0 Å². The SMILES string of the molecule is Cc1cc(N)c(S(=O)(=O)N2CC(C)OC(C)(C)C2)cc1C. The average molecular weight is 312 g/mol. The van der Waals surface area contributed by atoms with Gasteiger partial charge < -0.3 is 10.5 Å². The van der Waals surface area contributed by atoms with Crippen molar-refractivity contribution >= 4 is 15.7 Å². The van der Waals surface area contributed by atoms with Crippen molar-refractivity contribution in [2.24, 2.45) is 0 Å². The molecule has 0 saturated carbocycles. The van der Waals surface area contributed by atoms with E-state index in [2.05, 4.69) is 0 Å². The summed E-state index contributed by atoms with van der Waals surface area (Å²) in [6, 6.07) is 3.38. The zero-order chi connectivity index (χ0) is 16.0. The van der Waals surface area contributed by atoms with Crippen LogP contribution in [0.1, 0.15) is 31.9 Å². The molecule has 1 heterocycles. The van der Waals surface area contributed by atoms with Crippen LogP contribution in [0.4, 0.5) is 5.69 Å². The number of ether oxygens (including phenoxy) is 1. The van der Waals surface area contributed by atoms with Crippen LogP contribution in [0.25, 0.3) is 0 Å². The number of nitrogen functional groups attached to an aromatic ring is 1. The van der Waals surface area contributed by atoms with Gasteiger partial charge in [0.05, 0.1) is 17.4 Å². The highest BCUT2D eigenvalue weighted by Gasteiger charge is 2.38. The van der Waals surface area contributed by atoms with E-state index >= 15 is 0 Å². The lowest BCUT2D eigenvalue weighted by molar-refractivity contribution is -0.109. The predicted octanol–water partition coefficient (Wildman–Crippen LogP) is 2.07. The maximum absolute atomic E-state index is 12.9. The summed E-state index contributed by atoms with van der Waals surface area (Å²) in [6.45, 7) is 10.2. The average Bonchev–Trinajstić information content (AvgIpc) is 2.31. The molecule has 2 N–H and O–H groups in total. The highest BCUT2D eigenvalue weighted by atomic mass is 32.2. The molecule has 0 bridgehead atoms. The van der Waals surface area contributed by atoms with E-state index in [1.54, 1.807) is 12.1 Å². The zero-order valence-electron chi connectivity index (χ0n) is 13.3. The van der Waals surface area contributed by atoms with Gasteiger partial charge in [-0.3, -0.25) is 0 Å². The van der Waals surface area contributed by atoms with Gasteiger partial charge in [-0.25, -0.2) is 8.42 Å². The first kappa shape index (κ1) is 16.3. The second-order valence-corrected chi connectivity index (χ2v) is 8.37. The van der Waals surface area contributed by atoms with Gasteiger partial charge in [0.1, 0.15) is 4.90 Å². The molecule has 6 heteroatoms. The summed E-state index contributed by atoms with van der Waals surface area (Å²) < 4.78 is 33.0. The van der Waals surface area contributed by atoms with E-state index in [4.69, 9.17) is 10.5 Å². The molecule has 2 rings (SSSR count). The van der Waals surface area contributed by atoms with Gasteiger partial charge in [0.15, 0.2) is 0 Å². The summed E-state index contributed by atoms with van der Waals surface area (Å²) in [5.41, 5.74) is 7.66. The summed E-state index contributed by atoms with van der Waals surface area (Å²) in [4.78, 5) is 0.190. The maximum Gasteiger partial charge on any atom is 0.245 e. The molecule has 1 aliphatic heterocycles. The first-order valence-corrected chi connectivity index (χ1v) is 8.51. The number of anilines is 1. The Labute approximate surface area is 127 Å². The lowest BCUT2D eigenvalue weighted by atomic mass is 10.1. The number of rotatable bonds is 2. The molecule has 1 atom stereocenters. The van der Waals surface area contributed by atoms with Gasteiger partial charge in [0.25, 0.3) is 0 Å². The van der Waals surface area contributed by atoms with E-state index in [1.165, 1.54) is 4.31 Å². The van der Waals surface area contributed by atoms with E-state index in [0.717, 1.165) is 11.1 Å². The van der Waals surface area contributed by atoms with Crippen LogP contribution in [0.15, 0.2) is 17.0 Å². The minimum atomic E-state index is -3.61. The Morgan fingerprint density at radius 2 is 1.86 bits per heavy atom. The van der Waals surface area contributed by atoms with Crippen LogP contribution in [-0.4, -0.2) is 37.5 Å². The fraction of sp³-hybridized carbons (Fsp3) is 0.600. The number of aryl methyl sites for hydroxylation is 2. The van der Waals surface area contributed by atoms with Crippen molar-refractivity contribution in [3.63, 3.8) is 0 Å². The number of benzene rings is 1. The smallest absolute Gasteiger partial charge is 0.245 e. The number of hydrogen-bond donors (Lipinski definition) is 1. The summed E-state index contributed by atoms with van der Waals surface area (Å²) in [6.07, 6.45) is -0.142. The van der Waals surface area contributed by atoms with Crippen molar-refractivity contribution in [1.82, 2.24) is 4.31 Å². The first-order chi connectivity index (χ1) is 9.53. The monoisotopic (exact) mass is 312 g/mol. The third-order valence-corrected chi connectivity index (χ3v) is 5.65. The van der Waals surface area contributed by atoms with Crippen molar-refractivity contribution in [3.8, 4) is 0 Å². The summed E-state index contributed by atoms with van der Waals surface area (Å²) in [7, 11) is -3.61. The third kappa shape index (κ3) is 3.22. The van der Waals surface area contributed by atoms with Gasteiger partial charge in [-0.05, 0) is 57.9 Å². The molecular weight excluding hydrogens is 288 g/mol. The molecule has 1 fully saturated rings. The summed E-state index contributed by atoms with van der Waals surface area (Å²) >= 11 is 0. The Hall–Kier alpha value is -1.11. The van der Waals surface area contributed by atoms with Gasteiger partial charge in [0.2, 0.25) is 10.0 Å². The number of nitrogens with zero attached hydrogens (tertiary/aromatic N) is 1. The second-order valence-electron chi connectivity index (χ2n) is 6.46. The van der Waals surface area contributed by atoms with E-state index in [-0.39, 0.29) is 11.0 Å². The first-order valence-electron chi connectivity index (χ1n) is 7.07. The van der Waals surface area contributed by atoms with Gasteiger partial charge in [-0.2, -0.15) is 4.31 Å². The molecule has 0 amide bonds. The highest BCUT2D eigenvalue weighted by molar-refractivity contribution is 7.89. The molecule has 5 nitrogen and oxygen atoms in total. The molecule has 1 aliphatic rings. The zero-order valence-corrected chi connectivity index (χ0v) is 14.1. The van der Waals surface area contributed by atoms with Crippen LogP contribution in [0, 0.1) is 13.8 Å². The third-order valence-electron chi connectivity index (χ3n) is 3.78. The fourth-order valence-electron chi connectivity index (χ4n) is 2.75. The van der Waals surface area contributed by atoms with Gasteiger partial charge in [0, 0.05) is 13.1 Å². The summed E-state index contributed by atoms with van der Waals surface area (Å²) in [5, 5.41) is 0. The Kier molecular flexibility index (Phi) is 4.08. The number of nitrogens with two attached hydrogens (primary N) is 1. The second kappa shape index (κ2) is 5.26. The van der Waals surface area contributed by atoms with Crippen LogP contribution in [0.3, 0.4) is 0 Å². The molecule has 1 aromatic rings. The predicted molar refractivity (Wildman–Crippen MR) is 83.7 cm³/mol. The molecule has 1 unspecified atom stereocenters. The van der Waals surface area contributed by atoms with Crippen molar-refractivity contribution < 1.29 is 13.2 Å². The number of sulfonamides is 1. The van der Waals surface area contributed by atoms with Gasteiger partial charge in [-0.1, -0.05) is 0 Å². The van der Waals surface area contributed by atoms with E-state index in [9.17, 15) is 8.42 Å². The van der Waals surface area contributed by atoms with Crippen LogP contribution >= 0.6 is 0 Å². The topological polar surface area (TPSA) is 72.6 Å². The molecule has 21 heavy (non-hydrogen) atoms. The van der Waals surface area contributed by atoms with Crippen LogP contribution in [0.5, 0.6) is 0 Å². The fourth-order valence-corrected chi connectivity index (χ4v) is 4.60. The van der Waals surface area contributed by atoms with E-state index in [1.807, 2.05) is 34.6 Å². The van der Waals surface area contributed by atoms with Gasteiger partial charge in [-0.15, -0.1) is 0 Å². The van der Waals surface area contributed by atoms with E-state index in [0.29, 0.717) is 18.8 Å². The molecular formula is C15H24N2O3S. The van der Waals surface area contributed by atoms with Crippen LogP contribution < -0.4 is 5.73 Å². The Morgan fingerprint density at radius 1 is 1.29 bits per heavy atom. The number of morpholine rings is 1. The lowest BCUT2D eigenvalue weighted by Gasteiger charge is -2.41. The molecule has 0 spiro atoms. The van der Waals surface area contributed by atoms with Crippen molar-refractivity contribution in [2.45, 2.75) is 51.2 Å². The molecule has 118 valence electrons.